The van der Waals surface area contributed by atoms with Gasteiger partial charge in [-0.05, 0) is 83.5 Å². The van der Waals surface area contributed by atoms with Crippen molar-refractivity contribution in [3.8, 4) is 0 Å². The number of halogens is 2. The molecule has 0 saturated heterocycles. The molecule has 3 rings (SSSR count). The molecule has 0 aliphatic heterocycles. The molecule has 0 heterocycles. The van der Waals surface area contributed by atoms with Gasteiger partial charge >= 0.3 is 0 Å². The Labute approximate surface area is 247 Å². The van der Waals surface area contributed by atoms with Crippen molar-refractivity contribution in [2.24, 2.45) is 0 Å². The predicted octanol–water partition coefficient (Wildman–Crippen LogP) is 6.14. The molecule has 1 atom stereocenters. The Morgan fingerprint density at radius 1 is 0.900 bits per heavy atom. The van der Waals surface area contributed by atoms with E-state index in [1.807, 2.05) is 40.7 Å². The van der Waals surface area contributed by atoms with Gasteiger partial charge in [0.1, 0.15) is 12.6 Å². The highest BCUT2D eigenvalue weighted by atomic mass is 35.5. The minimum atomic E-state index is -4.15. The fourth-order valence-corrected chi connectivity index (χ4v) is 5.98. The Morgan fingerprint density at radius 3 is 2.02 bits per heavy atom. The average molecular weight is 605 g/mol. The summed E-state index contributed by atoms with van der Waals surface area (Å²) in [5.41, 5.74) is 1.96. The highest BCUT2D eigenvalue weighted by Gasteiger charge is 2.34. The molecule has 0 radical (unpaired) electrons. The fraction of sp³-hybridized carbons (Fsp3) is 0.333. The topological polar surface area (TPSA) is 86.8 Å². The van der Waals surface area contributed by atoms with Crippen molar-refractivity contribution in [3.05, 3.63) is 93.5 Å². The van der Waals surface area contributed by atoms with Crippen molar-refractivity contribution in [1.82, 2.24) is 10.2 Å². The molecule has 0 aliphatic rings. The molecule has 3 aromatic carbocycles. The van der Waals surface area contributed by atoms with Gasteiger partial charge in [-0.2, -0.15) is 0 Å². The van der Waals surface area contributed by atoms with E-state index in [9.17, 15) is 18.0 Å². The van der Waals surface area contributed by atoms with Crippen LogP contribution in [0.1, 0.15) is 44.4 Å². The van der Waals surface area contributed by atoms with Gasteiger partial charge in [-0.25, -0.2) is 8.42 Å². The lowest BCUT2D eigenvalue weighted by Gasteiger charge is -2.34. The van der Waals surface area contributed by atoms with Crippen LogP contribution in [0.3, 0.4) is 0 Å². The van der Waals surface area contributed by atoms with E-state index in [0.717, 1.165) is 15.4 Å². The van der Waals surface area contributed by atoms with Crippen LogP contribution in [0.25, 0.3) is 0 Å². The number of hydrogen-bond donors (Lipinski definition) is 1. The molecular weight excluding hydrogens is 569 g/mol. The first-order valence-corrected chi connectivity index (χ1v) is 15.0. The minimum Gasteiger partial charge on any atom is -0.350 e. The largest absolute Gasteiger partial charge is 0.350 e. The Balaban J connectivity index is 2.08. The number of carbonyl (C=O) groups excluding carboxylic acids is 2. The van der Waals surface area contributed by atoms with E-state index in [-0.39, 0.29) is 11.4 Å². The number of anilines is 1. The number of aryl methyl sites for hydroxylation is 2. The van der Waals surface area contributed by atoms with Crippen LogP contribution >= 0.6 is 23.2 Å². The Kier molecular flexibility index (Phi) is 9.93. The van der Waals surface area contributed by atoms with Gasteiger partial charge in [0.15, 0.2) is 0 Å². The van der Waals surface area contributed by atoms with Gasteiger partial charge < -0.3 is 10.2 Å². The summed E-state index contributed by atoms with van der Waals surface area (Å²) in [6.45, 7) is 10.2. The Bertz CT molecular complexity index is 1470. The van der Waals surface area contributed by atoms with Gasteiger partial charge in [-0.1, -0.05) is 59.1 Å². The average Bonchev–Trinajstić information content (AvgIpc) is 2.85. The van der Waals surface area contributed by atoms with Crippen LogP contribution in [0.15, 0.2) is 71.6 Å². The van der Waals surface area contributed by atoms with Crippen molar-refractivity contribution >= 4 is 50.7 Å². The number of carbonyl (C=O) groups is 2. The Morgan fingerprint density at radius 2 is 1.48 bits per heavy atom. The fourth-order valence-electron chi connectivity index (χ4n) is 4.06. The second kappa shape index (κ2) is 12.6. The molecule has 214 valence electrons. The zero-order chi connectivity index (χ0) is 29.8. The van der Waals surface area contributed by atoms with E-state index in [1.165, 1.54) is 17.0 Å². The third-order valence-corrected chi connectivity index (χ3v) is 8.73. The zero-order valence-electron chi connectivity index (χ0n) is 23.5. The number of nitrogens with one attached hydrogen (secondary N) is 1. The number of sulfonamides is 1. The third kappa shape index (κ3) is 7.77. The van der Waals surface area contributed by atoms with Gasteiger partial charge in [0.2, 0.25) is 11.8 Å². The minimum absolute atomic E-state index is 0.0478. The molecule has 7 nitrogen and oxygen atoms in total. The zero-order valence-corrected chi connectivity index (χ0v) is 25.9. The summed E-state index contributed by atoms with van der Waals surface area (Å²) < 4.78 is 28.9. The highest BCUT2D eigenvalue weighted by Crippen LogP contribution is 2.29. The van der Waals surface area contributed by atoms with Gasteiger partial charge in [-0.3, -0.25) is 13.9 Å². The number of rotatable bonds is 9. The van der Waals surface area contributed by atoms with Crippen LogP contribution in [0.5, 0.6) is 0 Å². The lowest BCUT2D eigenvalue weighted by atomic mass is 10.1. The van der Waals surface area contributed by atoms with Crippen molar-refractivity contribution < 1.29 is 18.0 Å². The molecule has 0 spiro atoms. The molecule has 40 heavy (non-hydrogen) atoms. The van der Waals surface area contributed by atoms with Gasteiger partial charge in [0, 0.05) is 27.7 Å². The van der Waals surface area contributed by atoms with Crippen LogP contribution in [0.4, 0.5) is 5.69 Å². The van der Waals surface area contributed by atoms with E-state index in [1.54, 1.807) is 55.5 Å². The van der Waals surface area contributed by atoms with Crippen molar-refractivity contribution in [1.29, 1.82) is 0 Å². The molecule has 0 aromatic heterocycles. The summed E-state index contributed by atoms with van der Waals surface area (Å²) in [5.74, 6) is -0.989. The maximum atomic E-state index is 14.0. The van der Waals surface area contributed by atoms with Crippen LogP contribution < -0.4 is 9.62 Å². The number of hydrogen-bond acceptors (Lipinski definition) is 4. The predicted molar refractivity (Wildman–Crippen MR) is 161 cm³/mol. The molecule has 0 aliphatic carbocycles. The van der Waals surface area contributed by atoms with E-state index >= 15 is 0 Å². The summed E-state index contributed by atoms with van der Waals surface area (Å²) in [4.78, 5) is 28.6. The molecule has 10 heteroatoms. The van der Waals surface area contributed by atoms with E-state index in [0.29, 0.717) is 21.3 Å². The third-order valence-electron chi connectivity index (χ3n) is 6.23. The monoisotopic (exact) mass is 603 g/mol. The maximum Gasteiger partial charge on any atom is 0.264 e. The molecule has 1 unspecified atom stereocenters. The highest BCUT2D eigenvalue weighted by molar-refractivity contribution is 7.92. The molecule has 0 bridgehead atoms. The molecule has 2 amide bonds. The van der Waals surface area contributed by atoms with E-state index < -0.39 is 40.0 Å². The number of benzene rings is 3. The van der Waals surface area contributed by atoms with Gasteiger partial charge in [0.05, 0.1) is 10.6 Å². The normalized spacial score (nSPS) is 12.5. The smallest absolute Gasteiger partial charge is 0.264 e. The van der Waals surface area contributed by atoms with Crippen LogP contribution in [-0.4, -0.2) is 43.3 Å². The number of amides is 2. The van der Waals surface area contributed by atoms with Crippen molar-refractivity contribution in [2.75, 3.05) is 10.8 Å². The van der Waals surface area contributed by atoms with Crippen LogP contribution in [0.2, 0.25) is 10.0 Å². The first-order valence-electron chi connectivity index (χ1n) is 12.8. The van der Waals surface area contributed by atoms with Crippen molar-refractivity contribution in [3.63, 3.8) is 0 Å². The lowest BCUT2D eigenvalue weighted by molar-refractivity contribution is -0.140. The van der Waals surface area contributed by atoms with Gasteiger partial charge in [0.25, 0.3) is 10.0 Å². The molecule has 1 N–H and O–H groups in total. The molecule has 0 fully saturated rings. The first-order chi connectivity index (χ1) is 18.6. The first kappa shape index (κ1) is 31.5. The summed E-state index contributed by atoms with van der Waals surface area (Å²) in [6, 6.07) is 17.3. The summed E-state index contributed by atoms with van der Waals surface area (Å²) in [5, 5.41) is 3.55. The Hall–Kier alpha value is -3.07. The van der Waals surface area contributed by atoms with E-state index in [4.69, 9.17) is 23.2 Å². The number of nitrogens with zero attached hydrogens (tertiary/aromatic N) is 2. The SMILES string of the molecule is Cc1ccc(S(=O)(=O)N(CC(=O)N(Cc2c(Cl)cccc2Cl)C(C)C(=O)NC(C)(C)C)c2cccc(C)c2)cc1. The van der Waals surface area contributed by atoms with Crippen LogP contribution in [-0.2, 0) is 26.2 Å². The van der Waals surface area contributed by atoms with Crippen LogP contribution in [0, 0.1) is 13.8 Å². The lowest BCUT2D eigenvalue weighted by Crippen LogP contribution is -2.54. The summed E-state index contributed by atoms with van der Waals surface area (Å²) in [7, 11) is -4.15. The quantitative estimate of drug-likeness (QED) is 0.318. The standard InChI is InChI=1S/C30H35Cl2N3O4S/c1-20-13-15-24(16-14-20)40(38,39)35(23-10-7-9-21(2)17-23)19-28(36)34(22(3)29(37)33-30(4,5)6)18-25-26(31)11-8-12-27(25)32/h7-17,22H,18-19H2,1-6H3,(H,33,37). The van der Waals surface area contributed by atoms with Crippen molar-refractivity contribution in [2.45, 2.75) is 64.6 Å². The maximum absolute atomic E-state index is 14.0. The summed E-state index contributed by atoms with van der Waals surface area (Å²) in [6.07, 6.45) is 0. The second-order valence-electron chi connectivity index (χ2n) is 10.8. The molecular formula is C30H35Cl2N3O4S. The van der Waals surface area contributed by atoms with Gasteiger partial charge in [-0.15, -0.1) is 0 Å². The molecule has 0 saturated carbocycles. The van der Waals surface area contributed by atoms with E-state index in [2.05, 4.69) is 5.32 Å². The second-order valence-corrected chi connectivity index (χ2v) is 13.5. The summed E-state index contributed by atoms with van der Waals surface area (Å²) >= 11 is 12.8. The molecule has 3 aromatic rings.